The van der Waals surface area contributed by atoms with Gasteiger partial charge in [-0.1, -0.05) is 41.4 Å². The number of hydrogen-bond acceptors (Lipinski definition) is 4. The number of amides is 1. The standard InChI is InChI=1S/C22H27ClN2O3/c1-4-28-21-19(23)13-18(14-20(21)27-3)22(26)25-10-8-24(9-11-25)15-17-7-5-6-16(2)12-17/h5-7,12-14H,4,8-11,15H2,1-3H3. The minimum Gasteiger partial charge on any atom is -0.493 e. The zero-order chi connectivity index (χ0) is 20.1. The molecular weight excluding hydrogens is 376 g/mol. The van der Waals surface area contributed by atoms with Gasteiger partial charge in [0.1, 0.15) is 0 Å². The maximum atomic E-state index is 13.0. The third-order valence-corrected chi connectivity index (χ3v) is 5.19. The fourth-order valence-corrected chi connectivity index (χ4v) is 3.75. The van der Waals surface area contributed by atoms with Crippen molar-refractivity contribution in [3.8, 4) is 11.5 Å². The normalized spacial score (nSPS) is 14.8. The number of halogens is 1. The first-order valence-corrected chi connectivity index (χ1v) is 9.97. The van der Waals surface area contributed by atoms with Crippen LogP contribution in [0.4, 0.5) is 0 Å². The van der Waals surface area contributed by atoms with E-state index in [2.05, 4.69) is 36.1 Å². The number of piperazine rings is 1. The summed E-state index contributed by atoms with van der Waals surface area (Å²) in [6.45, 7) is 8.46. The van der Waals surface area contributed by atoms with Gasteiger partial charge in [0.05, 0.1) is 18.7 Å². The zero-order valence-corrected chi connectivity index (χ0v) is 17.5. The molecule has 3 rings (SSSR count). The molecule has 0 radical (unpaired) electrons. The smallest absolute Gasteiger partial charge is 0.254 e. The van der Waals surface area contributed by atoms with Crippen molar-refractivity contribution < 1.29 is 14.3 Å². The molecule has 0 unspecified atom stereocenters. The van der Waals surface area contributed by atoms with Crippen LogP contribution in [-0.4, -0.2) is 55.6 Å². The average molecular weight is 403 g/mol. The van der Waals surface area contributed by atoms with Crippen LogP contribution in [0.1, 0.15) is 28.4 Å². The Balaban J connectivity index is 1.64. The maximum absolute atomic E-state index is 13.0. The third-order valence-electron chi connectivity index (χ3n) is 4.91. The van der Waals surface area contributed by atoms with Gasteiger partial charge in [-0.2, -0.15) is 0 Å². The number of carbonyl (C=O) groups is 1. The first kappa shape index (κ1) is 20.5. The highest BCUT2D eigenvalue weighted by molar-refractivity contribution is 6.32. The molecule has 2 aromatic rings. The van der Waals surface area contributed by atoms with Crippen LogP contribution >= 0.6 is 11.6 Å². The van der Waals surface area contributed by atoms with Gasteiger partial charge >= 0.3 is 0 Å². The van der Waals surface area contributed by atoms with Gasteiger partial charge in [0.2, 0.25) is 0 Å². The molecule has 0 N–H and O–H groups in total. The average Bonchev–Trinajstić information content (AvgIpc) is 2.69. The highest BCUT2D eigenvalue weighted by Crippen LogP contribution is 2.36. The first-order chi connectivity index (χ1) is 13.5. The number of nitrogens with zero attached hydrogens (tertiary/aromatic N) is 2. The molecule has 1 fully saturated rings. The summed E-state index contributed by atoms with van der Waals surface area (Å²) in [5, 5.41) is 0.391. The minimum absolute atomic E-state index is 0.0292. The topological polar surface area (TPSA) is 42.0 Å². The van der Waals surface area contributed by atoms with Gasteiger partial charge in [-0.25, -0.2) is 0 Å². The molecule has 0 aromatic heterocycles. The first-order valence-electron chi connectivity index (χ1n) is 9.59. The molecule has 5 nitrogen and oxygen atoms in total. The van der Waals surface area contributed by atoms with Crippen molar-refractivity contribution in [2.45, 2.75) is 20.4 Å². The Hall–Kier alpha value is -2.24. The highest BCUT2D eigenvalue weighted by Gasteiger charge is 2.24. The summed E-state index contributed by atoms with van der Waals surface area (Å²) in [5.41, 5.74) is 3.10. The van der Waals surface area contributed by atoms with E-state index < -0.39 is 0 Å². The molecule has 6 heteroatoms. The number of benzene rings is 2. The van der Waals surface area contributed by atoms with Crippen LogP contribution in [0.3, 0.4) is 0 Å². The summed E-state index contributed by atoms with van der Waals surface area (Å²) in [6.07, 6.45) is 0. The number of hydrogen-bond donors (Lipinski definition) is 0. The van der Waals surface area contributed by atoms with Crippen molar-refractivity contribution in [1.82, 2.24) is 9.80 Å². The fraction of sp³-hybridized carbons (Fsp3) is 0.409. The number of aryl methyl sites for hydroxylation is 1. The summed E-state index contributed by atoms with van der Waals surface area (Å²) >= 11 is 6.32. The van der Waals surface area contributed by atoms with Gasteiger partial charge in [0, 0.05) is 38.3 Å². The Kier molecular flexibility index (Phi) is 6.81. The van der Waals surface area contributed by atoms with E-state index in [-0.39, 0.29) is 5.91 Å². The van der Waals surface area contributed by atoms with E-state index in [1.54, 1.807) is 19.2 Å². The van der Waals surface area contributed by atoms with Crippen molar-refractivity contribution in [2.24, 2.45) is 0 Å². The van der Waals surface area contributed by atoms with Gasteiger partial charge in [-0.3, -0.25) is 9.69 Å². The SMILES string of the molecule is CCOc1c(Cl)cc(C(=O)N2CCN(Cc3cccc(C)c3)CC2)cc1OC. The molecule has 0 atom stereocenters. The third kappa shape index (κ3) is 4.78. The summed E-state index contributed by atoms with van der Waals surface area (Å²) in [5.74, 6) is 0.931. The fourth-order valence-electron chi connectivity index (χ4n) is 3.49. The van der Waals surface area contributed by atoms with Crippen LogP contribution < -0.4 is 9.47 Å². The Morgan fingerprint density at radius 2 is 1.89 bits per heavy atom. The van der Waals surface area contributed by atoms with Crippen molar-refractivity contribution in [2.75, 3.05) is 39.9 Å². The van der Waals surface area contributed by atoms with E-state index in [0.717, 1.165) is 19.6 Å². The van der Waals surface area contributed by atoms with Gasteiger partial charge in [0.25, 0.3) is 5.91 Å². The van der Waals surface area contributed by atoms with Crippen LogP contribution in [0, 0.1) is 6.92 Å². The number of methoxy groups -OCH3 is 1. The molecule has 150 valence electrons. The molecular formula is C22H27ClN2O3. The lowest BCUT2D eigenvalue weighted by molar-refractivity contribution is 0.0628. The largest absolute Gasteiger partial charge is 0.493 e. The van der Waals surface area contributed by atoms with Crippen molar-refractivity contribution >= 4 is 17.5 Å². The quantitative estimate of drug-likeness (QED) is 0.732. The Bertz CT molecular complexity index is 833. The van der Waals surface area contributed by atoms with Gasteiger partial charge < -0.3 is 14.4 Å². The number of carbonyl (C=O) groups excluding carboxylic acids is 1. The summed E-state index contributed by atoms with van der Waals surface area (Å²) in [4.78, 5) is 17.2. The van der Waals surface area contributed by atoms with Gasteiger partial charge in [-0.05, 0) is 31.5 Å². The lowest BCUT2D eigenvalue weighted by atomic mass is 10.1. The molecule has 28 heavy (non-hydrogen) atoms. The van der Waals surface area contributed by atoms with Crippen LogP contribution in [0.15, 0.2) is 36.4 Å². The molecule has 0 bridgehead atoms. The monoisotopic (exact) mass is 402 g/mol. The van der Waals surface area contributed by atoms with E-state index in [9.17, 15) is 4.79 Å². The van der Waals surface area contributed by atoms with Crippen LogP contribution in [0.25, 0.3) is 0 Å². The minimum atomic E-state index is -0.0292. The van der Waals surface area contributed by atoms with Gasteiger partial charge in [0.15, 0.2) is 11.5 Å². The summed E-state index contributed by atoms with van der Waals surface area (Å²) in [6, 6.07) is 11.9. The lowest BCUT2D eigenvalue weighted by Crippen LogP contribution is -2.48. The van der Waals surface area contributed by atoms with Crippen molar-refractivity contribution in [1.29, 1.82) is 0 Å². The molecule has 1 heterocycles. The summed E-state index contributed by atoms with van der Waals surface area (Å²) < 4.78 is 10.9. The maximum Gasteiger partial charge on any atom is 0.254 e. The summed E-state index contributed by atoms with van der Waals surface area (Å²) in [7, 11) is 1.55. The second kappa shape index (κ2) is 9.30. The second-order valence-electron chi connectivity index (χ2n) is 6.98. The molecule has 1 aliphatic heterocycles. The van der Waals surface area contributed by atoms with Gasteiger partial charge in [-0.15, -0.1) is 0 Å². The molecule has 1 saturated heterocycles. The molecule has 2 aromatic carbocycles. The van der Waals surface area contributed by atoms with Crippen LogP contribution in [0.2, 0.25) is 5.02 Å². The van der Waals surface area contributed by atoms with E-state index in [0.29, 0.717) is 41.8 Å². The number of ether oxygens (including phenoxy) is 2. The highest BCUT2D eigenvalue weighted by atomic mass is 35.5. The predicted molar refractivity (Wildman–Crippen MR) is 112 cm³/mol. The van der Waals surface area contributed by atoms with Crippen molar-refractivity contribution in [3.63, 3.8) is 0 Å². The van der Waals surface area contributed by atoms with Crippen LogP contribution in [-0.2, 0) is 6.54 Å². The molecule has 0 aliphatic carbocycles. The lowest BCUT2D eigenvalue weighted by Gasteiger charge is -2.35. The van der Waals surface area contributed by atoms with Crippen LogP contribution in [0.5, 0.6) is 11.5 Å². The Morgan fingerprint density at radius 3 is 2.54 bits per heavy atom. The van der Waals surface area contributed by atoms with E-state index in [1.807, 2.05) is 11.8 Å². The Morgan fingerprint density at radius 1 is 1.14 bits per heavy atom. The van der Waals surface area contributed by atoms with E-state index in [1.165, 1.54) is 11.1 Å². The molecule has 0 saturated carbocycles. The molecule has 0 spiro atoms. The molecule has 1 aliphatic rings. The second-order valence-corrected chi connectivity index (χ2v) is 7.39. The van der Waals surface area contributed by atoms with Crippen molar-refractivity contribution in [3.05, 3.63) is 58.1 Å². The zero-order valence-electron chi connectivity index (χ0n) is 16.7. The molecule has 1 amide bonds. The Labute approximate surface area is 171 Å². The van der Waals surface area contributed by atoms with E-state index in [4.69, 9.17) is 21.1 Å². The number of rotatable bonds is 6. The van der Waals surface area contributed by atoms with E-state index >= 15 is 0 Å². The predicted octanol–water partition coefficient (Wildman–Crippen LogP) is 4.01.